The predicted octanol–water partition coefficient (Wildman–Crippen LogP) is 2.99. The second-order valence-corrected chi connectivity index (χ2v) is 4.60. The van der Waals surface area contributed by atoms with Gasteiger partial charge in [0.05, 0.1) is 5.52 Å². The highest BCUT2D eigenvalue weighted by Crippen LogP contribution is 2.35. The molecule has 3 nitrogen and oxygen atoms in total. The molecule has 1 saturated carbocycles. The van der Waals surface area contributed by atoms with Gasteiger partial charge in [-0.2, -0.15) is 0 Å². The van der Waals surface area contributed by atoms with E-state index in [9.17, 15) is 0 Å². The molecule has 0 atom stereocenters. The molecule has 4 heteroatoms. The van der Waals surface area contributed by atoms with Crippen LogP contribution in [0.5, 0.6) is 0 Å². The van der Waals surface area contributed by atoms with Crippen molar-refractivity contribution in [1.82, 2.24) is 15.0 Å². The molecule has 0 radical (unpaired) electrons. The zero-order valence-corrected chi connectivity index (χ0v) is 9.21. The Morgan fingerprint density at radius 1 is 1.43 bits per heavy atom. The van der Waals surface area contributed by atoms with Crippen molar-refractivity contribution < 1.29 is 0 Å². The van der Waals surface area contributed by atoms with Crippen LogP contribution in [0.3, 0.4) is 0 Å². The van der Waals surface area contributed by atoms with E-state index >= 15 is 0 Å². The van der Waals surface area contributed by atoms with Gasteiger partial charge < -0.3 is 4.98 Å². The van der Waals surface area contributed by atoms with E-state index in [0.29, 0.717) is 5.92 Å². The number of H-pyrrole nitrogens is 1. The summed E-state index contributed by atoms with van der Waals surface area (Å²) in [6, 6.07) is 1.94. The molecule has 2 aromatic rings. The summed E-state index contributed by atoms with van der Waals surface area (Å²) in [5, 5.41) is 0. The molecule has 0 aromatic carbocycles. The number of nitrogens with one attached hydrogen (secondary N) is 1. The highest BCUT2D eigenvalue weighted by atomic mass is 79.9. The van der Waals surface area contributed by atoms with Crippen LogP contribution < -0.4 is 0 Å². The molecular weight excluding hydrogens is 242 g/mol. The number of hydrogen-bond acceptors (Lipinski definition) is 2. The van der Waals surface area contributed by atoms with Gasteiger partial charge in [-0.05, 0) is 34.8 Å². The number of hydrogen-bond donors (Lipinski definition) is 1. The van der Waals surface area contributed by atoms with Crippen molar-refractivity contribution in [3.8, 4) is 0 Å². The molecule has 72 valence electrons. The lowest BCUT2D eigenvalue weighted by Crippen LogP contribution is -2.10. The Morgan fingerprint density at radius 2 is 2.29 bits per heavy atom. The van der Waals surface area contributed by atoms with Gasteiger partial charge in [0.25, 0.3) is 0 Å². The molecule has 1 aliphatic carbocycles. The summed E-state index contributed by atoms with van der Waals surface area (Å²) in [5.74, 6) is 1.74. The Hall–Kier alpha value is -0.900. The Labute approximate surface area is 90.1 Å². The van der Waals surface area contributed by atoms with E-state index in [0.717, 1.165) is 21.5 Å². The highest BCUT2D eigenvalue weighted by Gasteiger charge is 2.23. The smallest absolute Gasteiger partial charge is 0.178 e. The summed E-state index contributed by atoms with van der Waals surface area (Å²) in [5.41, 5.74) is 1.84. The van der Waals surface area contributed by atoms with Gasteiger partial charge >= 0.3 is 0 Å². The molecule has 1 N–H and O–H groups in total. The maximum atomic E-state index is 4.50. The number of nitrogens with zero attached hydrogens (tertiary/aromatic N) is 2. The van der Waals surface area contributed by atoms with Crippen LogP contribution in [0.25, 0.3) is 11.2 Å². The number of fused-ring (bicyclic) bond motifs is 1. The first kappa shape index (κ1) is 8.41. The minimum atomic E-state index is 0.635. The zero-order valence-electron chi connectivity index (χ0n) is 7.63. The van der Waals surface area contributed by atoms with Gasteiger partial charge in [-0.1, -0.05) is 6.42 Å². The summed E-state index contributed by atoms with van der Waals surface area (Å²) in [7, 11) is 0. The van der Waals surface area contributed by atoms with Gasteiger partial charge in [-0.25, -0.2) is 9.97 Å². The average Bonchev–Trinajstić information content (AvgIpc) is 2.46. The lowest BCUT2D eigenvalue weighted by atomic mass is 9.85. The van der Waals surface area contributed by atoms with Crippen molar-refractivity contribution >= 4 is 27.1 Å². The molecule has 1 aliphatic rings. The number of pyridine rings is 1. The van der Waals surface area contributed by atoms with Crippen molar-refractivity contribution in [2.75, 3.05) is 0 Å². The van der Waals surface area contributed by atoms with Crippen molar-refractivity contribution in [3.63, 3.8) is 0 Å². The lowest BCUT2D eigenvalue weighted by molar-refractivity contribution is 0.404. The quantitative estimate of drug-likeness (QED) is 0.847. The number of aromatic amines is 1. The topological polar surface area (TPSA) is 41.6 Å². The fraction of sp³-hybridized carbons (Fsp3) is 0.400. The van der Waals surface area contributed by atoms with Crippen molar-refractivity contribution in [2.24, 2.45) is 0 Å². The summed E-state index contributed by atoms with van der Waals surface area (Å²) in [6.07, 6.45) is 5.63. The Morgan fingerprint density at radius 3 is 2.93 bits per heavy atom. The third-order valence-electron chi connectivity index (χ3n) is 2.85. The molecule has 2 aromatic heterocycles. The summed E-state index contributed by atoms with van der Waals surface area (Å²) < 4.78 is 1.04. The average molecular weight is 252 g/mol. The summed E-state index contributed by atoms with van der Waals surface area (Å²) >= 11 is 3.49. The Kier molecular flexibility index (Phi) is 1.83. The number of aromatic nitrogens is 3. The second kappa shape index (κ2) is 3.05. The van der Waals surface area contributed by atoms with Gasteiger partial charge in [-0.3, -0.25) is 0 Å². The molecule has 3 rings (SSSR count). The Bertz CT molecular complexity index is 473. The summed E-state index contributed by atoms with van der Waals surface area (Å²) in [4.78, 5) is 12.1. The molecular formula is C10H10BrN3. The van der Waals surface area contributed by atoms with Gasteiger partial charge in [0.15, 0.2) is 5.65 Å². The van der Waals surface area contributed by atoms with Crippen LogP contribution >= 0.6 is 15.9 Å². The van der Waals surface area contributed by atoms with E-state index in [1.807, 2.05) is 6.07 Å². The highest BCUT2D eigenvalue weighted by molar-refractivity contribution is 9.10. The standard InChI is InChI=1S/C10H10BrN3/c11-7-4-5-12-10-8(7)13-9(14-10)6-2-1-3-6/h4-6H,1-3H2,(H,12,13,14). The third kappa shape index (κ3) is 1.17. The number of halogens is 1. The van der Waals surface area contributed by atoms with Gasteiger partial charge in [-0.15, -0.1) is 0 Å². The first-order valence-electron chi connectivity index (χ1n) is 4.85. The van der Waals surface area contributed by atoms with Crippen LogP contribution in [0.15, 0.2) is 16.7 Å². The molecule has 0 spiro atoms. The third-order valence-corrected chi connectivity index (χ3v) is 3.51. The maximum Gasteiger partial charge on any atom is 0.178 e. The minimum Gasteiger partial charge on any atom is -0.339 e. The van der Waals surface area contributed by atoms with Crippen molar-refractivity contribution in [3.05, 3.63) is 22.6 Å². The minimum absolute atomic E-state index is 0.635. The van der Waals surface area contributed by atoms with Crippen LogP contribution in [-0.2, 0) is 0 Å². The zero-order chi connectivity index (χ0) is 9.54. The second-order valence-electron chi connectivity index (χ2n) is 3.74. The molecule has 0 amide bonds. The molecule has 1 fully saturated rings. The fourth-order valence-electron chi connectivity index (χ4n) is 1.77. The summed E-state index contributed by atoms with van der Waals surface area (Å²) in [6.45, 7) is 0. The van der Waals surface area contributed by atoms with Crippen LogP contribution in [0.4, 0.5) is 0 Å². The van der Waals surface area contributed by atoms with E-state index in [4.69, 9.17) is 0 Å². The normalized spacial score (nSPS) is 17.2. The van der Waals surface area contributed by atoms with Crippen molar-refractivity contribution in [1.29, 1.82) is 0 Å². The maximum absolute atomic E-state index is 4.50. The first-order valence-corrected chi connectivity index (χ1v) is 5.64. The predicted molar refractivity (Wildman–Crippen MR) is 58.2 cm³/mol. The number of rotatable bonds is 1. The van der Waals surface area contributed by atoms with Crippen LogP contribution in [-0.4, -0.2) is 15.0 Å². The van der Waals surface area contributed by atoms with E-state index in [-0.39, 0.29) is 0 Å². The monoisotopic (exact) mass is 251 g/mol. The van der Waals surface area contributed by atoms with Crippen LogP contribution in [0, 0.1) is 0 Å². The SMILES string of the molecule is Brc1ccnc2nc(C3CCC3)[nH]c12. The van der Waals surface area contributed by atoms with E-state index < -0.39 is 0 Å². The molecule has 0 saturated heterocycles. The van der Waals surface area contributed by atoms with Gasteiger partial charge in [0.2, 0.25) is 0 Å². The molecule has 0 unspecified atom stereocenters. The van der Waals surface area contributed by atoms with Crippen LogP contribution in [0.2, 0.25) is 0 Å². The van der Waals surface area contributed by atoms with E-state index in [1.54, 1.807) is 6.20 Å². The van der Waals surface area contributed by atoms with Gasteiger partial charge in [0, 0.05) is 16.6 Å². The lowest BCUT2D eigenvalue weighted by Gasteiger charge is -2.22. The van der Waals surface area contributed by atoms with Crippen molar-refractivity contribution in [2.45, 2.75) is 25.2 Å². The molecule has 14 heavy (non-hydrogen) atoms. The Balaban J connectivity index is 2.15. The molecule has 0 aliphatic heterocycles. The largest absolute Gasteiger partial charge is 0.339 e. The molecule has 2 heterocycles. The molecule has 0 bridgehead atoms. The van der Waals surface area contributed by atoms with Crippen LogP contribution in [0.1, 0.15) is 31.0 Å². The number of imidazole rings is 1. The fourth-order valence-corrected chi connectivity index (χ4v) is 2.17. The van der Waals surface area contributed by atoms with Gasteiger partial charge in [0.1, 0.15) is 5.82 Å². The van der Waals surface area contributed by atoms with E-state index in [2.05, 4.69) is 30.9 Å². The van der Waals surface area contributed by atoms with E-state index in [1.165, 1.54) is 19.3 Å². The first-order chi connectivity index (χ1) is 6.84.